The van der Waals surface area contributed by atoms with E-state index in [1.54, 1.807) is 31.1 Å². The Morgan fingerprint density at radius 3 is 2.57 bits per heavy atom. The molecule has 0 atom stereocenters. The van der Waals surface area contributed by atoms with E-state index < -0.39 is 0 Å². The molecule has 0 aromatic heterocycles. The van der Waals surface area contributed by atoms with Crippen molar-refractivity contribution in [3.8, 4) is 0 Å². The van der Waals surface area contributed by atoms with Crippen molar-refractivity contribution in [2.75, 3.05) is 19.0 Å². The zero-order chi connectivity index (χ0) is 10.7. The first-order chi connectivity index (χ1) is 6.50. The molecule has 0 amide bonds. The average Bonchev–Trinajstić information content (AvgIpc) is 2.07. The normalized spacial score (nSPS) is 10.0. The molecule has 0 radical (unpaired) electrons. The van der Waals surface area contributed by atoms with Gasteiger partial charge in [0.1, 0.15) is 11.6 Å². The van der Waals surface area contributed by atoms with Gasteiger partial charge >= 0.3 is 0 Å². The number of carbonyl (C=O) groups is 1. The molecule has 76 valence electrons. The number of halogens is 1. The van der Waals surface area contributed by atoms with E-state index in [1.807, 2.05) is 0 Å². The monoisotopic (exact) mass is 195 g/mol. The molecule has 0 saturated heterocycles. The highest BCUT2D eigenvalue weighted by molar-refractivity contribution is 5.78. The highest BCUT2D eigenvalue weighted by Crippen LogP contribution is 2.19. The number of carbonyl (C=O) groups excluding carboxylic acids is 1. The van der Waals surface area contributed by atoms with Crippen molar-refractivity contribution in [3.05, 3.63) is 29.6 Å². The minimum atomic E-state index is -0.262. The summed E-state index contributed by atoms with van der Waals surface area (Å²) in [5.41, 5.74) is 1.37. The Morgan fingerprint density at radius 1 is 1.43 bits per heavy atom. The average molecular weight is 195 g/mol. The van der Waals surface area contributed by atoms with Gasteiger partial charge in [0.2, 0.25) is 0 Å². The third kappa shape index (κ3) is 2.55. The van der Waals surface area contributed by atoms with Crippen LogP contribution in [-0.2, 0) is 11.2 Å². The highest BCUT2D eigenvalue weighted by atomic mass is 19.1. The van der Waals surface area contributed by atoms with Gasteiger partial charge in [-0.15, -0.1) is 0 Å². The largest absolute Gasteiger partial charge is 0.375 e. The molecule has 0 heterocycles. The van der Waals surface area contributed by atoms with Gasteiger partial charge in [-0.05, 0) is 24.6 Å². The summed E-state index contributed by atoms with van der Waals surface area (Å²) in [5.74, 6) is -0.177. The molecule has 0 bridgehead atoms. The van der Waals surface area contributed by atoms with Crippen LogP contribution in [0.2, 0.25) is 0 Å². The molecule has 0 unspecified atom stereocenters. The SMILES string of the molecule is CC(=O)Cc1ccc(F)c(N(C)C)c1. The second kappa shape index (κ2) is 4.22. The lowest BCUT2D eigenvalue weighted by molar-refractivity contribution is -0.116. The van der Waals surface area contributed by atoms with Crippen molar-refractivity contribution in [1.82, 2.24) is 0 Å². The van der Waals surface area contributed by atoms with Gasteiger partial charge in [-0.1, -0.05) is 6.07 Å². The summed E-state index contributed by atoms with van der Waals surface area (Å²) in [6.07, 6.45) is 0.362. The Hall–Kier alpha value is -1.38. The van der Waals surface area contributed by atoms with Crippen LogP contribution in [0.4, 0.5) is 10.1 Å². The number of benzene rings is 1. The maximum absolute atomic E-state index is 13.2. The zero-order valence-corrected chi connectivity index (χ0v) is 8.67. The molecule has 1 aromatic rings. The van der Waals surface area contributed by atoms with E-state index in [0.717, 1.165) is 5.56 Å². The van der Waals surface area contributed by atoms with E-state index in [2.05, 4.69) is 0 Å². The molecule has 3 heteroatoms. The molecule has 0 saturated carbocycles. The summed E-state index contributed by atoms with van der Waals surface area (Å²) in [6.45, 7) is 1.53. The highest BCUT2D eigenvalue weighted by Gasteiger charge is 2.06. The Morgan fingerprint density at radius 2 is 2.07 bits per heavy atom. The van der Waals surface area contributed by atoms with Crippen molar-refractivity contribution in [1.29, 1.82) is 0 Å². The van der Waals surface area contributed by atoms with Gasteiger partial charge in [0, 0.05) is 20.5 Å². The van der Waals surface area contributed by atoms with Gasteiger partial charge in [-0.3, -0.25) is 4.79 Å². The van der Waals surface area contributed by atoms with Crippen molar-refractivity contribution >= 4 is 11.5 Å². The Balaban J connectivity index is 3.00. The van der Waals surface area contributed by atoms with Crippen molar-refractivity contribution in [3.63, 3.8) is 0 Å². The van der Waals surface area contributed by atoms with Gasteiger partial charge in [-0.2, -0.15) is 0 Å². The van der Waals surface area contributed by atoms with Gasteiger partial charge in [0.15, 0.2) is 0 Å². The lowest BCUT2D eigenvalue weighted by Gasteiger charge is -2.14. The number of nitrogens with zero attached hydrogens (tertiary/aromatic N) is 1. The third-order valence-electron chi connectivity index (χ3n) is 1.95. The summed E-state index contributed by atoms with van der Waals surface area (Å²) >= 11 is 0. The van der Waals surface area contributed by atoms with Gasteiger partial charge in [0.25, 0.3) is 0 Å². The van der Waals surface area contributed by atoms with E-state index in [9.17, 15) is 9.18 Å². The van der Waals surface area contributed by atoms with Gasteiger partial charge < -0.3 is 4.90 Å². The van der Waals surface area contributed by atoms with Crippen LogP contribution in [0.25, 0.3) is 0 Å². The first-order valence-corrected chi connectivity index (χ1v) is 4.46. The van der Waals surface area contributed by atoms with Crippen LogP contribution in [0, 0.1) is 5.82 Å². The molecule has 0 aliphatic carbocycles. The second-order valence-electron chi connectivity index (χ2n) is 3.56. The van der Waals surface area contributed by atoms with Crippen LogP contribution in [-0.4, -0.2) is 19.9 Å². The molecule has 0 N–H and O–H groups in total. The second-order valence-corrected chi connectivity index (χ2v) is 3.56. The summed E-state index contributed by atoms with van der Waals surface area (Å²) in [5, 5.41) is 0. The maximum Gasteiger partial charge on any atom is 0.146 e. The van der Waals surface area contributed by atoms with E-state index in [0.29, 0.717) is 12.1 Å². The summed E-state index contributed by atoms with van der Waals surface area (Å²) in [7, 11) is 3.55. The topological polar surface area (TPSA) is 20.3 Å². The van der Waals surface area contributed by atoms with E-state index in [4.69, 9.17) is 0 Å². The third-order valence-corrected chi connectivity index (χ3v) is 1.95. The number of ketones is 1. The molecule has 14 heavy (non-hydrogen) atoms. The summed E-state index contributed by atoms with van der Waals surface area (Å²) in [4.78, 5) is 12.6. The number of hydrogen-bond donors (Lipinski definition) is 0. The number of Topliss-reactive ketones (excluding diaryl/α,β-unsaturated/α-hetero) is 1. The van der Waals surface area contributed by atoms with Crippen LogP contribution in [0.5, 0.6) is 0 Å². The molecule has 0 aliphatic rings. The van der Waals surface area contributed by atoms with Crippen molar-refractivity contribution in [2.45, 2.75) is 13.3 Å². The maximum atomic E-state index is 13.2. The summed E-state index contributed by atoms with van der Waals surface area (Å²) < 4.78 is 13.2. The predicted octanol–water partition coefficient (Wildman–Crippen LogP) is 2.02. The molecule has 0 aliphatic heterocycles. The minimum absolute atomic E-state index is 0.0846. The quantitative estimate of drug-likeness (QED) is 0.735. The van der Waals surface area contributed by atoms with Crippen LogP contribution >= 0.6 is 0 Å². The van der Waals surface area contributed by atoms with Crippen LogP contribution in [0.1, 0.15) is 12.5 Å². The molecular weight excluding hydrogens is 181 g/mol. The van der Waals surface area contributed by atoms with Crippen molar-refractivity contribution < 1.29 is 9.18 Å². The van der Waals surface area contributed by atoms with E-state index in [1.165, 1.54) is 13.0 Å². The molecule has 0 spiro atoms. The Kier molecular flexibility index (Phi) is 3.23. The Labute approximate surface area is 83.3 Å². The molecule has 1 rings (SSSR count). The lowest BCUT2D eigenvalue weighted by Crippen LogP contribution is -2.11. The summed E-state index contributed by atoms with van der Waals surface area (Å²) in [6, 6.07) is 4.74. The van der Waals surface area contributed by atoms with E-state index in [-0.39, 0.29) is 11.6 Å². The predicted molar refractivity (Wildman–Crippen MR) is 55.1 cm³/mol. The van der Waals surface area contributed by atoms with Crippen LogP contribution < -0.4 is 4.90 Å². The first-order valence-electron chi connectivity index (χ1n) is 4.46. The minimum Gasteiger partial charge on any atom is -0.375 e. The smallest absolute Gasteiger partial charge is 0.146 e. The molecular formula is C11H14FNO. The molecule has 1 aromatic carbocycles. The number of anilines is 1. The zero-order valence-electron chi connectivity index (χ0n) is 8.67. The standard InChI is InChI=1S/C11H14FNO/c1-8(14)6-9-4-5-10(12)11(7-9)13(2)3/h4-5,7H,6H2,1-3H3. The fourth-order valence-electron chi connectivity index (χ4n) is 1.30. The van der Waals surface area contributed by atoms with Gasteiger partial charge in [0.05, 0.1) is 5.69 Å². The fraction of sp³-hybridized carbons (Fsp3) is 0.364. The van der Waals surface area contributed by atoms with Gasteiger partial charge in [-0.25, -0.2) is 4.39 Å². The number of hydrogen-bond acceptors (Lipinski definition) is 2. The van der Waals surface area contributed by atoms with Crippen LogP contribution in [0.3, 0.4) is 0 Å². The van der Waals surface area contributed by atoms with Crippen molar-refractivity contribution in [2.24, 2.45) is 0 Å². The fourth-order valence-corrected chi connectivity index (χ4v) is 1.30. The first kappa shape index (κ1) is 10.7. The molecule has 0 fully saturated rings. The van der Waals surface area contributed by atoms with E-state index >= 15 is 0 Å². The number of rotatable bonds is 3. The Bertz CT molecular complexity index is 347. The molecule has 2 nitrogen and oxygen atoms in total. The van der Waals surface area contributed by atoms with Crippen LogP contribution in [0.15, 0.2) is 18.2 Å². The lowest BCUT2D eigenvalue weighted by atomic mass is 10.1.